The van der Waals surface area contributed by atoms with E-state index in [0.29, 0.717) is 35.2 Å². The van der Waals surface area contributed by atoms with Crippen LogP contribution in [0.4, 0.5) is 24.8 Å². The molecule has 1 saturated carbocycles. The Morgan fingerprint density at radius 3 is 2.61 bits per heavy atom. The molecule has 1 aromatic carbocycles. The van der Waals surface area contributed by atoms with E-state index in [1.165, 1.54) is 18.6 Å². The van der Waals surface area contributed by atoms with Crippen molar-refractivity contribution in [1.29, 1.82) is 0 Å². The van der Waals surface area contributed by atoms with Crippen LogP contribution in [0.15, 0.2) is 54.9 Å². The number of pyridine rings is 2. The summed E-state index contributed by atoms with van der Waals surface area (Å²) in [6.07, 6.45) is 8.00. The van der Waals surface area contributed by atoms with E-state index in [-0.39, 0.29) is 35.8 Å². The summed E-state index contributed by atoms with van der Waals surface area (Å²) in [5.74, 6) is -0.638. The molecule has 0 atom stereocenters. The zero-order chi connectivity index (χ0) is 31.1. The molecule has 0 bridgehead atoms. The average molecular weight is 608 g/mol. The first-order valence-electron chi connectivity index (χ1n) is 14.3. The molecule has 13 heteroatoms. The Bertz CT molecular complexity index is 1650. The Morgan fingerprint density at radius 1 is 1.09 bits per heavy atom. The largest absolute Gasteiger partial charge is 0.416 e. The van der Waals surface area contributed by atoms with Crippen LogP contribution >= 0.6 is 0 Å². The number of carbonyl (C=O) groups is 2. The third-order valence-electron chi connectivity index (χ3n) is 7.33. The van der Waals surface area contributed by atoms with E-state index in [0.717, 1.165) is 49.6 Å². The number of hydrogen-bond donors (Lipinski definition) is 4. The van der Waals surface area contributed by atoms with Gasteiger partial charge in [0.05, 0.1) is 23.3 Å². The number of anilines is 2. The molecular formula is C31H32F3N7O3. The molecule has 1 fully saturated rings. The molecule has 3 aromatic heterocycles. The number of fused-ring (bicyclic) bond motifs is 1. The van der Waals surface area contributed by atoms with Crippen molar-refractivity contribution in [3.05, 3.63) is 71.6 Å². The fourth-order valence-corrected chi connectivity index (χ4v) is 5.09. The summed E-state index contributed by atoms with van der Waals surface area (Å²) in [4.78, 5) is 32.8. The molecule has 0 unspecified atom stereocenters. The second kappa shape index (κ2) is 13.7. The number of aromatic nitrogens is 4. The highest BCUT2D eigenvalue weighted by Crippen LogP contribution is 2.32. The van der Waals surface area contributed by atoms with Gasteiger partial charge in [-0.25, -0.2) is 9.97 Å². The van der Waals surface area contributed by atoms with E-state index >= 15 is 0 Å². The van der Waals surface area contributed by atoms with Gasteiger partial charge in [-0.2, -0.15) is 18.3 Å². The number of aromatic amines is 1. The molecule has 1 aliphatic rings. The lowest BCUT2D eigenvalue weighted by Crippen LogP contribution is -2.38. The molecule has 0 spiro atoms. The third-order valence-corrected chi connectivity index (χ3v) is 7.33. The van der Waals surface area contributed by atoms with Crippen molar-refractivity contribution in [3.63, 3.8) is 0 Å². The van der Waals surface area contributed by atoms with Gasteiger partial charge in [-0.15, -0.1) is 0 Å². The lowest BCUT2D eigenvalue weighted by atomic mass is 9.95. The summed E-state index contributed by atoms with van der Waals surface area (Å²) < 4.78 is 44.5. The predicted molar refractivity (Wildman–Crippen MR) is 160 cm³/mol. The zero-order valence-electron chi connectivity index (χ0n) is 23.8. The Kier molecular flexibility index (Phi) is 9.53. The van der Waals surface area contributed by atoms with Crippen LogP contribution in [-0.4, -0.2) is 51.2 Å². The number of nitrogens with one attached hydrogen (secondary N) is 3. The van der Waals surface area contributed by atoms with Crippen LogP contribution in [-0.2, 0) is 15.7 Å². The minimum absolute atomic E-state index is 0.0311. The number of carbonyl (C=O) groups excluding carboxylic acids is 2. The molecule has 0 radical (unpaired) electrons. The number of ether oxygens (including phenoxy) is 1. The van der Waals surface area contributed by atoms with Gasteiger partial charge in [0.1, 0.15) is 23.8 Å². The standard InChI is InChI=1S/C31H32F3N7O3/c32-31(33,34)22-13-14-36-24(16-22)39-30(43)20-11-9-19(10-12-20)27-26-28(41-40-27)21(17-37-29(26)35)6-4-5-15-44-18-25(42)38-23-7-2-1-3-8-23/h4,6,9-14,16-17,23H,1-3,5,7-8,15,18H2,(H2,35,37)(H,38,42)(H,40,41)(H,36,39,43)/b6-4+. The van der Waals surface area contributed by atoms with Crippen LogP contribution in [0.5, 0.6) is 0 Å². The van der Waals surface area contributed by atoms with Crippen molar-refractivity contribution in [1.82, 2.24) is 25.5 Å². The van der Waals surface area contributed by atoms with Crippen molar-refractivity contribution in [3.8, 4) is 11.3 Å². The first kappa shape index (κ1) is 30.7. The van der Waals surface area contributed by atoms with E-state index in [4.69, 9.17) is 10.5 Å². The second-order valence-electron chi connectivity index (χ2n) is 10.5. The number of nitrogens with zero attached hydrogens (tertiary/aromatic N) is 3. The van der Waals surface area contributed by atoms with Crippen molar-refractivity contribution in [2.24, 2.45) is 0 Å². The van der Waals surface area contributed by atoms with Crippen LogP contribution in [0, 0.1) is 0 Å². The minimum Gasteiger partial charge on any atom is -0.383 e. The second-order valence-corrected chi connectivity index (χ2v) is 10.5. The first-order chi connectivity index (χ1) is 21.2. The minimum atomic E-state index is -4.55. The molecule has 10 nitrogen and oxygen atoms in total. The smallest absolute Gasteiger partial charge is 0.383 e. The maximum absolute atomic E-state index is 13.0. The van der Waals surface area contributed by atoms with E-state index in [1.807, 2.05) is 12.2 Å². The van der Waals surface area contributed by atoms with Crippen LogP contribution in [0.1, 0.15) is 60.0 Å². The predicted octanol–water partition coefficient (Wildman–Crippen LogP) is 5.74. The fourth-order valence-electron chi connectivity index (χ4n) is 5.09. The summed E-state index contributed by atoms with van der Waals surface area (Å²) in [5.41, 5.74) is 8.12. The number of benzene rings is 1. The van der Waals surface area contributed by atoms with E-state index in [1.54, 1.807) is 18.3 Å². The molecule has 1 aliphatic carbocycles. The fraction of sp³-hybridized carbons (Fsp3) is 0.323. The van der Waals surface area contributed by atoms with Gasteiger partial charge in [0.25, 0.3) is 5.91 Å². The van der Waals surface area contributed by atoms with Gasteiger partial charge in [-0.05, 0) is 43.5 Å². The number of H-pyrrole nitrogens is 1. The van der Waals surface area contributed by atoms with E-state index in [2.05, 4.69) is 30.8 Å². The van der Waals surface area contributed by atoms with Gasteiger partial charge < -0.3 is 21.1 Å². The average Bonchev–Trinajstić information content (AvgIpc) is 3.47. The van der Waals surface area contributed by atoms with Gasteiger partial charge in [0.2, 0.25) is 5.91 Å². The number of alkyl halides is 3. The molecule has 44 heavy (non-hydrogen) atoms. The highest BCUT2D eigenvalue weighted by molar-refractivity contribution is 6.05. The molecule has 230 valence electrons. The summed E-state index contributed by atoms with van der Waals surface area (Å²) in [5, 5.41) is 13.4. The lowest BCUT2D eigenvalue weighted by Gasteiger charge is -2.22. The van der Waals surface area contributed by atoms with Gasteiger partial charge in [-0.1, -0.05) is 43.5 Å². The maximum Gasteiger partial charge on any atom is 0.416 e. The number of nitrogens with two attached hydrogens (primary N) is 1. The number of halogens is 3. The molecule has 3 heterocycles. The van der Waals surface area contributed by atoms with Crippen LogP contribution in [0.25, 0.3) is 28.2 Å². The molecule has 5 N–H and O–H groups in total. The molecule has 2 amide bonds. The Balaban J connectivity index is 1.19. The molecule has 4 aromatic rings. The molecule has 0 aliphatic heterocycles. The number of hydrogen-bond acceptors (Lipinski definition) is 7. The highest BCUT2D eigenvalue weighted by atomic mass is 19.4. The Morgan fingerprint density at radius 2 is 1.86 bits per heavy atom. The SMILES string of the molecule is Nc1ncc(/C=C/CCOCC(=O)NC2CCCCC2)c2n[nH]c(-c3ccc(C(=O)Nc4cc(C(F)(F)F)ccn4)cc3)c12. The van der Waals surface area contributed by atoms with Crippen molar-refractivity contribution >= 4 is 40.4 Å². The normalized spacial score (nSPS) is 14.2. The quantitative estimate of drug-likeness (QED) is 0.168. The van der Waals surface area contributed by atoms with Gasteiger partial charge >= 0.3 is 6.18 Å². The highest BCUT2D eigenvalue weighted by Gasteiger charge is 2.31. The van der Waals surface area contributed by atoms with Gasteiger partial charge in [0.15, 0.2) is 0 Å². The summed E-state index contributed by atoms with van der Waals surface area (Å²) in [7, 11) is 0. The molecule has 0 saturated heterocycles. The summed E-state index contributed by atoms with van der Waals surface area (Å²) >= 11 is 0. The lowest BCUT2D eigenvalue weighted by molar-refractivity contribution is -0.137. The third kappa shape index (κ3) is 7.59. The van der Waals surface area contributed by atoms with Crippen molar-refractivity contribution < 1.29 is 27.5 Å². The van der Waals surface area contributed by atoms with Crippen molar-refractivity contribution in [2.45, 2.75) is 50.7 Å². The van der Waals surface area contributed by atoms with Crippen LogP contribution < -0.4 is 16.4 Å². The van der Waals surface area contributed by atoms with Gasteiger partial charge in [-0.3, -0.25) is 14.7 Å². The topological polar surface area (TPSA) is 148 Å². The number of amides is 2. The van der Waals surface area contributed by atoms with E-state index < -0.39 is 17.6 Å². The Hall–Kier alpha value is -4.78. The summed E-state index contributed by atoms with van der Waals surface area (Å²) in [6, 6.07) is 8.27. The Labute approximate surface area is 251 Å². The first-order valence-corrected chi connectivity index (χ1v) is 14.3. The van der Waals surface area contributed by atoms with Gasteiger partial charge in [0, 0.05) is 35.1 Å². The monoisotopic (exact) mass is 607 g/mol. The maximum atomic E-state index is 13.0. The van der Waals surface area contributed by atoms with Crippen LogP contribution in [0.2, 0.25) is 0 Å². The van der Waals surface area contributed by atoms with E-state index in [9.17, 15) is 22.8 Å². The molecular weight excluding hydrogens is 575 g/mol. The van der Waals surface area contributed by atoms with Crippen LogP contribution in [0.3, 0.4) is 0 Å². The molecule has 5 rings (SSSR count). The number of rotatable bonds is 10. The number of nitrogen functional groups attached to an aromatic ring is 1. The summed E-state index contributed by atoms with van der Waals surface area (Å²) in [6.45, 7) is 0.416. The van der Waals surface area contributed by atoms with Crippen molar-refractivity contribution in [2.75, 3.05) is 24.3 Å². The zero-order valence-corrected chi connectivity index (χ0v) is 23.8.